The van der Waals surface area contributed by atoms with Gasteiger partial charge in [-0.3, -0.25) is 0 Å². The molecule has 136 valence electrons. The first-order chi connectivity index (χ1) is 10.7. The summed E-state index contributed by atoms with van der Waals surface area (Å²) in [5.74, 6) is 0.513. The van der Waals surface area contributed by atoms with Gasteiger partial charge < -0.3 is 4.43 Å². The van der Waals surface area contributed by atoms with Crippen LogP contribution in [0, 0.1) is 0 Å². The molecular formula is C19H29Cl3OSi. The van der Waals surface area contributed by atoms with Crippen molar-refractivity contribution in [2.45, 2.75) is 68.6 Å². The topological polar surface area (TPSA) is 9.23 Å². The van der Waals surface area contributed by atoms with Crippen molar-refractivity contribution in [1.82, 2.24) is 0 Å². The smallest absolute Gasteiger partial charge is 0.218 e. The van der Waals surface area contributed by atoms with E-state index < -0.39 is 18.2 Å². The molecule has 0 heterocycles. The molecule has 1 atom stereocenters. The van der Waals surface area contributed by atoms with Crippen molar-refractivity contribution in [1.29, 1.82) is 0 Å². The van der Waals surface area contributed by atoms with Crippen LogP contribution < -0.4 is 0 Å². The molecule has 0 aromatic heterocycles. The van der Waals surface area contributed by atoms with E-state index in [9.17, 15) is 0 Å². The minimum atomic E-state index is -2.04. The lowest BCUT2D eigenvalue weighted by Gasteiger charge is -2.40. The molecule has 0 bridgehead atoms. The van der Waals surface area contributed by atoms with Gasteiger partial charge in [-0.05, 0) is 35.2 Å². The predicted molar refractivity (Wildman–Crippen MR) is 112 cm³/mol. The molecule has 0 saturated carbocycles. The van der Waals surface area contributed by atoms with Gasteiger partial charge >= 0.3 is 0 Å². The molecule has 1 aromatic rings. The number of benzene rings is 1. The second-order valence-corrected chi connectivity index (χ2v) is 15.1. The third kappa shape index (κ3) is 6.38. The molecule has 24 heavy (non-hydrogen) atoms. The van der Waals surface area contributed by atoms with Gasteiger partial charge in [-0.15, -0.1) is 0 Å². The Balaban J connectivity index is 2.98. The quantitative estimate of drug-likeness (QED) is 0.361. The Morgan fingerprint density at radius 2 is 1.50 bits per heavy atom. The molecule has 0 aliphatic rings. The van der Waals surface area contributed by atoms with Crippen molar-refractivity contribution >= 4 is 49.2 Å². The van der Waals surface area contributed by atoms with Crippen LogP contribution in [0.3, 0.4) is 0 Å². The maximum absolute atomic E-state index is 6.31. The Morgan fingerprint density at radius 1 is 1.00 bits per heavy atom. The van der Waals surface area contributed by atoms with Crippen molar-refractivity contribution in [3.63, 3.8) is 0 Å². The third-order valence-corrected chi connectivity index (χ3v) is 9.72. The van der Waals surface area contributed by atoms with Gasteiger partial charge in [0.25, 0.3) is 0 Å². The lowest BCUT2D eigenvalue weighted by Crippen LogP contribution is -2.46. The Hall–Kier alpha value is 0.00688. The first kappa shape index (κ1) is 22.0. The Morgan fingerprint density at radius 3 is 1.88 bits per heavy atom. The molecule has 0 fully saturated rings. The molecule has 0 aliphatic heterocycles. The molecule has 1 rings (SSSR count). The number of alkyl halides is 3. The number of hydrogen-bond donors (Lipinski definition) is 0. The fraction of sp³-hybridized carbons (Fsp3) is 0.579. The summed E-state index contributed by atoms with van der Waals surface area (Å²) in [7, 11) is -2.04. The van der Waals surface area contributed by atoms with Crippen LogP contribution in [-0.2, 0) is 4.43 Å². The minimum Gasteiger partial charge on any atom is -0.406 e. The fourth-order valence-corrected chi connectivity index (χ4v) is 3.72. The fourth-order valence-electron chi connectivity index (χ4n) is 1.90. The van der Waals surface area contributed by atoms with Crippen LogP contribution in [0.25, 0.3) is 6.08 Å². The summed E-state index contributed by atoms with van der Waals surface area (Å²) in [6.07, 6.45) is 3.25. The Bertz CT molecular complexity index is 551. The van der Waals surface area contributed by atoms with E-state index in [2.05, 4.69) is 72.0 Å². The van der Waals surface area contributed by atoms with Crippen molar-refractivity contribution in [3.8, 4) is 0 Å². The minimum absolute atomic E-state index is 0.0495. The van der Waals surface area contributed by atoms with E-state index in [0.717, 1.165) is 5.56 Å². The normalized spacial score (nSPS) is 15.3. The zero-order valence-electron chi connectivity index (χ0n) is 15.7. The molecule has 0 radical (unpaired) electrons. The van der Waals surface area contributed by atoms with Crippen molar-refractivity contribution in [3.05, 3.63) is 41.5 Å². The van der Waals surface area contributed by atoms with E-state index in [1.807, 2.05) is 12.2 Å². The lowest BCUT2D eigenvalue weighted by molar-refractivity contribution is 0.229. The van der Waals surface area contributed by atoms with Crippen LogP contribution >= 0.6 is 34.8 Å². The highest BCUT2D eigenvalue weighted by molar-refractivity contribution is 6.74. The molecule has 0 saturated heterocycles. The van der Waals surface area contributed by atoms with Crippen LogP contribution in [-0.4, -0.2) is 18.2 Å². The summed E-state index contributed by atoms with van der Waals surface area (Å²) in [6, 6.07) is 8.41. The van der Waals surface area contributed by atoms with Gasteiger partial charge in [0.1, 0.15) is 6.10 Å². The summed E-state index contributed by atoms with van der Waals surface area (Å²) in [5, 5.41) is 0.0495. The number of rotatable bonds is 5. The standard InChI is InChI=1S/C19H29Cl3OSi/c1-14(2)16-11-8-15(9-12-16)10-13-17(19(20,21)22)23-24(6,7)18(3,4)5/h8-14,17H,1-7H3/b13-10+/t17-/m0/s1. The first-order valence-corrected chi connectivity index (χ1v) is 12.3. The largest absolute Gasteiger partial charge is 0.406 e. The molecule has 0 unspecified atom stereocenters. The summed E-state index contributed by atoms with van der Waals surface area (Å²) in [5.41, 5.74) is 2.38. The molecule has 0 spiro atoms. The van der Waals surface area contributed by atoms with Crippen molar-refractivity contribution < 1.29 is 4.43 Å². The summed E-state index contributed by atoms with van der Waals surface area (Å²) >= 11 is 18.5. The molecule has 5 heteroatoms. The van der Waals surface area contributed by atoms with Gasteiger partial charge in [0.2, 0.25) is 3.79 Å². The van der Waals surface area contributed by atoms with Gasteiger partial charge in [-0.2, -0.15) is 0 Å². The zero-order chi connectivity index (χ0) is 18.8. The van der Waals surface area contributed by atoms with E-state index in [1.165, 1.54) is 5.56 Å². The molecule has 1 nitrogen and oxygen atoms in total. The van der Waals surface area contributed by atoms with Crippen LogP contribution in [0.4, 0.5) is 0 Å². The van der Waals surface area contributed by atoms with E-state index in [1.54, 1.807) is 0 Å². The third-order valence-electron chi connectivity index (χ3n) is 4.62. The first-order valence-electron chi connectivity index (χ1n) is 8.27. The monoisotopic (exact) mass is 406 g/mol. The molecule has 0 aliphatic carbocycles. The van der Waals surface area contributed by atoms with Gasteiger partial charge in [0.15, 0.2) is 8.32 Å². The molecule has 1 aromatic carbocycles. The average Bonchev–Trinajstić information content (AvgIpc) is 2.41. The summed E-state index contributed by atoms with van der Waals surface area (Å²) in [6.45, 7) is 15.2. The maximum Gasteiger partial charge on any atom is 0.218 e. The Labute approximate surface area is 163 Å². The molecular weight excluding hydrogens is 379 g/mol. The van der Waals surface area contributed by atoms with Gasteiger partial charge in [-0.1, -0.05) is 106 Å². The zero-order valence-corrected chi connectivity index (χ0v) is 18.9. The second-order valence-electron chi connectivity index (χ2n) is 8.02. The van der Waals surface area contributed by atoms with Crippen LogP contribution in [0.1, 0.15) is 51.7 Å². The second kappa shape index (κ2) is 8.14. The van der Waals surface area contributed by atoms with Crippen LogP contribution in [0.15, 0.2) is 30.3 Å². The lowest BCUT2D eigenvalue weighted by atomic mass is 10.0. The van der Waals surface area contributed by atoms with Crippen molar-refractivity contribution in [2.75, 3.05) is 0 Å². The van der Waals surface area contributed by atoms with E-state index >= 15 is 0 Å². The maximum atomic E-state index is 6.31. The van der Waals surface area contributed by atoms with E-state index in [-0.39, 0.29) is 5.04 Å². The number of halogens is 3. The van der Waals surface area contributed by atoms with Gasteiger partial charge in [0, 0.05) is 0 Å². The Kier molecular flexibility index (Phi) is 7.47. The molecule has 0 N–H and O–H groups in total. The van der Waals surface area contributed by atoms with Crippen molar-refractivity contribution in [2.24, 2.45) is 0 Å². The van der Waals surface area contributed by atoms with E-state index in [0.29, 0.717) is 5.92 Å². The van der Waals surface area contributed by atoms with E-state index in [4.69, 9.17) is 39.2 Å². The average molecular weight is 408 g/mol. The SMILES string of the molecule is CC(C)c1ccc(/C=C/[C@H](O[Si](C)(C)C(C)(C)C)C(Cl)(Cl)Cl)cc1. The molecule has 0 amide bonds. The highest BCUT2D eigenvalue weighted by atomic mass is 35.6. The van der Waals surface area contributed by atoms with Gasteiger partial charge in [0.05, 0.1) is 0 Å². The predicted octanol–water partition coefficient (Wildman–Crippen LogP) is 7.58. The van der Waals surface area contributed by atoms with Crippen LogP contribution in [0.2, 0.25) is 18.1 Å². The number of hydrogen-bond acceptors (Lipinski definition) is 1. The van der Waals surface area contributed by atoms with Crippen LogP contribution in [0.5, 0.6) is 0 Å². The summed E-state index contributed by atoms with van der Waals surface area (Å²) < 4.78 is 4.81. The highest BCUT2D eigenvalue weighted by Crippen LogP contribution is 2.42. The summed E-state index contributed by atoms with van der Waals surface area (Å²) in [4.78, 5) is 0. The highest BCUT2D eigenvalue weighted by Gasteiger charge is 2.43. The van der Waals surface area contributed by atoms with Gasteiger partial charge in [-0.25, -0.2) is 0 Å².